The van der Waals surface area contributed by atoms with Crippen molar-refractivity contribution in [3.63, 3.8) is 0 Å². The van der Waals surface area contributed by atoms with Crippen LogP contribution in [-0.4, -0.2) is 28.2 Å². The third-order valence-electron chi connectivity index (χ3n) is 2.36. The molecule has 0 aliphatic rings. The third kappa shape index (κ3) is 2.70. The van der Waals surface area contributed by atoms with E-state index in [1.165, 1.54) is 31.5 Å². The van der Waals surface area contributed by atoms with Gasteiger partial charge in [0.2, 0.25) is 0 Å². The van der Waals surface area contributed by atoms with Crippen LogP contribution >= 0.6 is 15.9 Å². The van der Waals surface area contributed by atoms with E-state index in [2.05, 4.69) is 25.9 Å². The first-order chi connectivity index (χ1) is 9.02. The van der Waals surface area contributed by atoms with Gasteiger partial charge in [-0.3, -0.25) is 0 Å². The molecule has 0 spiro atoms. The summed E-state index contributed by atoms with van der Waals surface area (Å²) in [5.41, 5.74) is 0.307. The normalized spacial score (nSPS) is 10.3. The highest BCUT2D eigenvalue weighted by atomic mass is 79.9. The van der Waals surface area contributed by atoms with Crippen molar-refractivity contribution in [2.24, 2.45) is 0 Å². The third-order valence-corrected chi connectivity index (χ3v) is 2.94. The zero-order valence-corrected chi connectivity index (χ0v) is 11.3. The monoisotopic (exact) mass is 326 g/mol. The number of carboxylic acids is 1. The lowest BCUT2D eigenvalue weighted by Crippen LogP contribution is -2.04. The molecular formula is C12H8BrFN2O3. The van der Waals surface area contributed by atoms with Crippen LogP contribution in [0.4, 0.5) is 4.39 Å². The van der Waals surface area contributed by atoms with Crippen molar-refractivity contribution in [3.8, 4) is 17.1 Å². The van der Waals surface area contributed by atoms with Gasteiger partial charge in [0.15, 0.2) is 23.1 Å². The molecule has 0 unspecified atom stereocenters. The van der Waals surface area contributed by atoms with Gasteiger partial charge in [-0.1, -0.05) is 0 Å². The minimum absolute atomic E-state index is 0.0425. The number of aromatic nitrogens is 2. The van der Waals surface area contributed by atoms with Crippen LogP contribution in [0.3, 0.4) is 0 Å². The van der Waals surface area contributed by atoms with Gasteiger partial charge in [-0.25, -0.2) is 19.2 Å². The number of aromatic carboxylic acids is 1. The van der Waals surface area contributed by atoms with Crippen molar-refractivity contribution < 1.29 is 19.0 Å². The predicted molar refractivity (Wildman–Crippen MR) is 68.6 cm³/mol. The zero-order valence-electron chi connectivity index (χ0n) is 9.72. The molecule has 1 aromatic carbocycles. The summed E-state index contributed by atoms with van der Waals surface area (Å²) in [5.74, 6) is -1.47. The summed E-state index contributed by atoms with van der Waals surface area (Å²) in [6.45, 7) is 0. The molecule has 1 N–H and O–H groups in total. The van der Waals surface area contributed by atoms with Crippen LogP contribution in [0, 0.1) is 5.82 Å². The van der Waals surface area contributed by atoms with Crippen LogP contribution in [0.1, 0.15) is 10.5 Å². The van der Waals surface area contributed by atoms with Gasteiger partial charge in [0, 0.05) is 11.8 Å². The van der Waals surface area contributed by atoms with Crippen LogP contribution in [-0.2, 0) is 0 Å². The number of hydrogen-bond donors (Lipinski definition) is 1. The lowest BCUT2D eigenvalue weighted by atomic mass is 10.2. The second-order valence-electron chi connectivity index (χ2n) is 3.54. The topological polar surface area (TPSA) is 72.3 Å². The molecule has 2 aromatic rings. The van der Waals surface area contributed by atoms with Gasteiger partial charge in [-0.15, -0.1) is 0 Å². The average Bonchev–Trinajstić information content (AvgIpc) is 2.39. The van der Waals surface area contributed by atoms with Gasteiger partial charge in [0.1, 0.15) is 0 Å². The summed E-state index contributed by atoms with van der Waals surface area (Å²) in [7, 11) is 1.34. The second-order valence-corrected chi connectivity index (χ2v) is 4.40. The lowest BCUT2D eigenvalue weighted by Gasteiger charge is -2.06. The fourth-order valence-corrected chi connectivity index (χ4v) is 1.82. The summed E-state index contributed by atoms with van der Waals surface area (Å²) < 4.78 is 18.4. The van der Waals surface area contributed by atoms with Crippen molar-refractivity contribution in [1.29, 1.82) is 0 Å². The van der Waals surface area contributed by atoms with Gasteiger partial charge < -0.3 is 9.84 Å². The van der Waals surface area contributed by atoms with E-state index in [9.17, 15) is 9.18 Å². The Bertz CT molecular complexity index is 649. The number of benzene rings is 1. The first-order valence-corrected chi connectivity index (χ1v) is 5.92. The molecule has 7 heteroatoms. The Labute approximate surface area is 116 Å². The van der Waals surface area contributed by atoms with Crippen LogP contribution in [0.15, 0.2) is 28.9 Å². The highest BCUT2D eigenvalue weighted by molar-refractivity contribution is 9.10. The molecule has 1 aromatic heterocycles. The van der Waals surface area contributed by atoms with Crippen molar-refractivity contribution >= 4 is 21.9 Å². The van der Waals surface area contributed by atoms with Crippen molar-refractivity contribution in [2.45, 2.75) is 0 Å². The largest absolute Gasteiger partial charge is 0.494 e. The molecule has 0 radical (unpaired) electrons. The minimum atomic E-state index is -1.18. The molecule has 0 aliphatic heterocycles. The Hall–Kier alpha value is -2.02. The number of nitrogens with zero attached hydrogens (tertiary/aromatic N) is 2. The highest BCUT2D eigenvalue weighted by Gasteiger charge is 2.14. The summed E-state index contributed by atoms with van der Waals surface area (Å²) >= 11 is 3.05. The van der Waals surface area contributed by atoms with Crippen LogP contribution in [0.25, 0.3) is 11.4 Å². The fraction of sp³-hybridized carbons (Fsp3) is 0.0833. The van der Waals surface area contributed by atoms with Gasteiger partial charge in [-0.05, 0) is 34.1 Å². The Morgan fingerprint density at radius 2 is 2.21 bits per heavy atom. The van der Waals surface area contributed by atoms with Gasteiger partial charge >= 0.3 is 5.97 Å². The van der Waals surface area contributed by atoms with E-state index in [4.69, 9.17) is 9.84 Å². The van der Waals surface area contributed by atoms with Crippen molar-refractivity contribution in [1.82, 2.24) is 9.97 Å². The second kappa shape index (κ2) is 5.31. The van der Waals surface area contributed by atoms with Crippen molar-refractivity contribution in [2.75, 3.05) is 7.11 Å². The summed E-state index contributed by atoms with van der Waals surface area (Å²) in [4.78, 5) is 18.9. The minimum Gasteiger partial charge on any atom is -0.494 e. The highest BCUT2D eigenvalue weighted by Crippen LogP contribution is 2.25. The van der Waals surface area contributed by atoms with E-state index in [0.29, 0.717) is 5.56 Å². The van der Waals surface area contributed by atoms with E-state index < -0.39 is 11.8 Å². The Kier molecular flexibility index (Phi) is 3.75. The standard InChI is InChI=1S/C12H8BrFN2O3/c1-19-9-4-6(2-3-8(9)14)11-15-5-7(13)10(16-11)12(17)18/h2-5H,1H3,(H,17,18). The molecule has 98 valence electrons. The molecule has 0 amide bonds. The first kappa shape index (κ1) is 13.4. The van der Waals surface area contributed by atoms with E-state index >= 15 is 0 Å². The van der Waals surface area contributed by atoms with E-state index in [1.54, 1.807) is 0 Å². The van der Waals surface area contributed by atoms with E-state index in [1.807, 2.05) is 0 Å². The summed E-state index contributed by atoms with van der Waals surface area (Å²) in [6.07, 6.45) is 1.33. The molecule has 0 bridgehead atoms. The Morgan fingerprint density at radius 3 is 2.84 bits per heavy atom. The SMILES string of the molecule is COc1cc(-c2ncc(Br)c(C(=O)O)n2)ccc1F. The van der Waals surface area contributed by atoms with E-state index in [0.717, 1.165) is 0 Å². The molecule has 0 saturated heterocycles. The summed E-state index contributed by atoms with van der Waals surface area (Å²) in [6, 6.07) is 4.07. The number of carbonyl (C=O) groups is 1. The van der Waals surface area contributed by atoms with Gasteiger partial charge in [-0.2, -0.15) is 0 Å². The summed E-state index contributed by atoms with van der Waals surface area (Å²) in [5, 5.41) is 8.98. The van der Waals surface area contributed by atoms with Crippen molar-refractivity contribution in [3.05, 3.63) is 40.4 Å². The maximum absolute atomic E-state index is 13.3. The molecular weight excluding hydrogens is 319 g/mol. The molecule has 2 rings (SSSR count). The van der Waals surface area contributed by atoms with Crippen LogP contribution in [0.5, 0.6) is 5.75 Å². The molecule has 0 saturated carbocycles. The van der Waals surface area contributed by atoms with Crippen LogP contribution in [0.2, 0.25) is 0 Å². The molecule has 0 atom stereocenters. The smallest absolute Gasteiger partial charge is 0.355 e. The average molecular weight is 327 g/mol. The molecule has 19 heavy (non-hydrogen) atoms. The molecule has 0 aliphatic carbocycles. The first-order valence-electron chi connectivity index (χ1n) is 5.12. The fourth-order valence-electron chi connectivity index (χ4n) is 1.46. The predicted octanol–water partition coefficient (Wildman–Crippen LogP) is 2.75. The lowest BCUT2D eigenvalue weighted by molar-refractivity contribution is 0.0689. The van der Waals surface area contributed by atoms with Crippen LogP contribution < -0.4 is 4.74 Å². The Balaban J connectivity index is 2.53. The number of methoxy groups -OCH3 is 1. The van der Waals surface area contributed by atoms with Gasteiger partial charge in [0.25, 0.3) is 0 Å². The number of carboxylic acid groups (broad SMARTS) is 1. The van der Waals surface area contributed by atoms with E-state index in [-0.39, 0.29) is 21.7 Å². The number of ether oxygens (including phenoxy) is 1. The number of hydrogen-bond acceptors (Lipinski definition) is 4. The molecule has 5 nitrogen and oxygen atoms in total. The quantitative estimate of drug-likeness (QED) is 0.938. The zero-order chi connectivity index (χ0) is 14.0. The number of halogens is 2. The molecule has 0 fully saturated rings. The van der Waals surface area contributed by atoms with Gasteiger partial charge in [0.05, 0.1) is 11.6 Å². The maximum Gasteiger partial charge on any atom is 0.355 e. The Morgan fingerprint density at radius 1 is 1.47 bits per heavy atom. The molecule has 1 heterocycles. The maximum atomic E-state index is 13.3. The number of rotatable bonds is 3.